The van der Waals surface area contributed by atoms with E-state index >= 15 is 0 Å². The lowest BCUT2D eigenvalue weighted by molar-refractivity contribution is 0.126. The number of pyridine rings is 1. The molecule has 7 heteroatoms. The van der Waals surface area contributed by atoms with E-state index in [0.717, 1.165) is 12.8 Å². The molecular formula is C15H21N5O2. The molecule has 2 heterocycles. The van der Waals surface area contributed by atoms with Gasteiger partial charge in [-0.3, -0.25) is 4.98 Å². The molecule has 0 aliphatic heterocycles. The Labute approximate surface area is 128 Å². The first-order valence-corrected chi connectivity index (χ1v) is 7.53. The molecule has 7 nitrogen and oxygen atoms in total. The van der Waals surface area contributed by atoms with Crippen molar-refractivity contribution in [2.75, 3.05) is 30.9 Å². The summed E-state index contributed by atoms with van der Waals surface area (Å²) in [6, 6.07) is 3.68. The van der Waals surface area contributed by atoms with E-state index < -0.39 is 0 Å². The quantitative estimate of drug-likeness (QED) is 0.705. The number of anilines is 2. The molecule has 4 N–H and O–H groups in total. The standard InChI is InChI=1S/C15H21N5O2/c1-2-22-9-15(8-10(15)5-7-21)20-13-12-11(4-3-6-17-12)18-14(16)19-13/h3-4,6,10,21H,2,5,7-9H2,1H3,(H3,16,18,19,20)/t10-,15+/m1/s1. The van der Waals surface area contributed by atoms with Crippen LogP contribution in [0.5, 0.6) is 0 Å². The van der Waals surface area contributed by atoms with Crippen LogP contribution in [0.4, 0.5) is 11.8 Å². The second-order valence-corrected chi connectivity index (χ2v) is 5.63. The Balaban J connectivity index is 1.90. The first-order chi connectivity index (χ1) is 10.7. The molecule has 0 spiro atoms. The highest BCUT2D eigenvalue weighted by molar-refractivity contribution is 5.86. The lowest BCUT2D eigenvalue weighted by atomic mass is 10.1. The maximum Gasteiger partial charge on any atom is 0.222 e. The molecule has 2 atom stereocenters. The van der Waals surface area contributed by atoms with Crippen molar-refractivity contribution in [2.24, 2.45) is 5.92 Å². The van der Waals surface area contributed by atoms with Gasteiger partial charge >= 0.3 is 0 Å². The molecule has 1 aliphatic rings. The zero-order chi connectivity index (χ0) is 15.6. The topological polar surface area (TPSA) is 106 Å². The molecule has 0 radical (unpaired) electrons. The van der Waals surface area contributed by atoms with Crippen LogP contribution >= 0.6 is 0 Å². The van der Waals surface area contributed by atoms with Crippen LogP contribution in [0.2, 0.25) is 0 Å². The predicted octanol–water partition coefficient (Wildman–Crippen LogP) is 1.20. The highest BCUT2D eigenvalue weighted by Gasteiger charge is 2.54. The first kappa shape index (κ1) is 14.9. The number of aromatic nitrogens is 3. The van der Waals surface area contributed by atoms with E-state index in [0.29, 0.717) is 36.0 Å². The van der Waals surface area contributed by atoms with Crippen LogP contribution in [0.3, 0.4) is 0 Å². The number of nitrogen functional groups attached to an aromatic ring is 1. The predicted molar refractivity (Wildman–Crippen MR) is 84.4 cm³/mol. The lowest BCUT2D eigenvalue weighted by Gasteiger charge is -2.21. The summed E-state index contributed by atoms with van der Waals surface area (Å²) >= 11 is 0. The van der Waals surface area contributed by atoms with Crippen LogP contribution in [0.25, 0.3) is 11.0 Å². The van der Waals surface area contributed by atoms with Gasteiger partial charge in [-0.15, -0.1) is 0 Å². The molecule has 1 saturated carbocycles. The summed E-state index contributed by atoms with van der Waals surface area (Å²) in [6.45, 7) is 3.37. The molecule has 0 bridgehead atoms. The summed E-state index contributed by atoms with van der Waals surface area (Å²) in [5, 5.41) is 12.6. The second kappa shape index (κ2) is 6.02. The maximum atomic E-state index is 9.19. The average molecular weight is 303 g/mol. The minimum absolute atomic E-state index is 0.172. The van der Waals surface area contributed by atoms with E-state index in [4.69, 9.17) is 10.5 Å². The highest BCUT2D eigenvalue weighted by Crippen LogP contribution is 2.48. The van der Waals surface area contributed by atoms with E-state index in [1.165, 1.54) is 0 Å². The van der Waals surface area contributed by atoms with E-state index in [1.54, 1.807) is 6.20 Å². The van der Waals surface area contributed by atoms with Crippen LogP contribution < -0.4 is 11.1 Å². The van der Waals surface area contributed by atoms with Crippen molar-refractivity contribution < 1.29 is 9.84 Å². The minimum Gasteiger partial charge on any atom is -0.396 e. The van der Waals surface area contributed by atoms with Gasteiger partial charge in [0.2, 0.25) is 5.95 Å². The summed E-state index contributed by atoms with van der Waals surface area (Å²) in [5.41, 5.74) is 7.00. The summed E-state index contributed by atoms with van der Waals surface area (Å²) < 4.78 is 5.61. The van der Waals surface area contributed by atoms with Crippen molar-refractivity contribution in [1.82, 2.24) is 15.0 Å². The molecule has 1 aliphatic carbocycles. The molecular weight excluding hydrogens is 282 g/mol. The Morgan fingerprint density at radius 1 is 1.50 bits per heavy atom. The fraction of sp³-hybridized carbons (Fsp3) is 0.533. The van der Waals surface area contributed by atoms with Gasteiger partial charge in [-0.05, 0) is 37.8 Å². The van der Waals surface area contributed by atoms with Crippen LogP contribution in [-0.2, 0) is 4.74 Å². The molecule has 22 heavy (non-hydrogen) atoms. The third-order valence-electron chi connectivity index (χ3n) is 4.11. The Kier molecular flexibility index (Phi) is 4.08. The third-order valence-corrected chi connectivity index (χ3v) is 4.11. The summed E-state index contributed by atoms with van der Waals surface area (Å²) in [4.78, 5) is 12.9. The number of ether oxygens (including phenoxy) is 1. The zero-order valence-electron chi connectivity index (χ0n) is 12.6. The molecule has 0 aromatic carbocycles. The molecule has 2 aromatic heterocycles. The first-order valence-electron chi connectivity index (χ1n) is 7.53. The third kappa shape index (κ3) is 2.82. The Morgan fingerprint density at radius 2 is 2.36 bits per heavy atom. The Hall–Kier alpha value is -1.99. The number of rotatable bonds is 7. The molecule has 118 valence electrons. The molecule has 0 unspecified atom stereocenters. The van der Waals surface area contributed by atoms with Crippen LogP contribution in [0, 0.1) is 5.92 Å². The van der Waals surface area contributed by atoms with Gasteiger partial charge in [0.15, 0.2) is 5.82 Å². The molecule has 2 aromatic rings. The number of nitrogens with zero attached hydrogens (tertiary/aromatic N) is 3. The van der Waals surface area contributed by atoms with Gasteiger partial charge in [0.25, 0.3) is 0 Å². The number of hydrogen-bond acceptors (Lipinski definition) is 7. The molecule has 3 rings (SSSR count). The zero-order valence-corrected chi connectivity index (χ0v) is 12.6. The van der Waals surface area contributed by atoms with E-state index in [9.17, 15) is 5.11 Å². The van der Waals surface area contributed by atoms with Crippen molar-refractivity contribution in [2.45, 2.75) is 25.3 Å². The highest BCUT2D eigenvalue weighted by atomic mass is 16.5. The van der Waals surface area contributed by atoms with Gasteiger partial charge in [0.05, 0.1) is 17.7 Å². The molecule has 0 saturated heterocycles. The van der Waals surface area contributed by atoms with Gasteiger partial charge in [0, 0.05) is 19.4 Å². The largest absolute Gasteiger partial charge is 0.396 e. The smallest absolute Gasteiger partial charge is 0.222 e. The Bertz CT molecular complexity index is 665. The summed E-state index contributed by atoms with van der Waals surface area (Å²) in [6.07, 6.45) is 3.39. The van der Waals surface area contributed by atoms with Crippen molar-refractivity contribution in [3.8, 4) is 0 Å². The number of nitrogens with one attached hydrogen (secondary N) is 1. The van der Waals surface area contributed by atoms with Gasteiger partial charge in [-0.1, -0.05) is 0 Å². The Morgan fingerprint density at radius 3 is 3.14 bits per heavy atom. The normalized spacial score (nSPS) is 23.6. The van der Waals surface area contributed by atoms with Gasteiger partial charge in [-0.25, -0.2) is 4.98 Å². The van der Waals surface area contributed by atoms with Crippen LogP contribution in [0.15, 0.2) is 18.3 Å². The molecule has 1 fully saturated rings. The summed E-state index contributed by atoms with van der Waals surface area (Å²) in [5.74, 6) is 1.20. The average Bonchev–Trinajstić information content (AvgIpc) is 3.18. The van der Waals surface area contributed by atoms with E-state index in [1.807, 2.05) is 19.1 Å². The van der Waals surface area contributed by atoms with E-state index in [-0.39, 0.29) is 18.1 Å². The minimum atomic E-state index is -0.204. The van der Waals surface area contributed by atoms with Crippen molar-refractivity contribution in [1.29, 1.82) is 0 Å². The monoisotopic (exact) mass is 303 g/mol. The van der Waals surface area contributed by atoms with Gasteiger partial charge < -0.3 is 20.9 Å². The number of fused-ring (bicyclic) bond motifs is 1. The fourth-order valence-corrected chi connectivity index (χ4v) is 2.87. The fourth-order valence-electron chi connectivity index (χ4n) is 2.87. The number of aliphatic hydroxyl groups is 1. The maximum absolute atomic E-state index is 9.19. The van der Waals surface area contributed by atoms with Gasteiger partial charge in [-0.2, -0.15) is 4.98 Å². The number of aliphatic hydroxyl groups excluding tert-OH is 1. The van der Waals surface area contributed by atoms with Crippen molar-refractivity contribution >= 4 is 22.8 Å². The van der Waals surface area contributed by atoms with Crippen LogP contribution in [0.1, 0.15) is 19.8 Å². The van der Waals surface area contributed by atoms with Crippen molar-refractivity contribution in [3.05, 3.63) is 18.3 Å². The van der Waals surface area contributed by atoms with Crippen molar-refractivity contribution in [3.63, 3.8) is 0 Å². The van der Waals surface area contributed by atoms with Crippen LogP contribution in [-0.4, -0.2) is 45.4 Å². The molecule has 0 amide bonds. The number of hydrogen-bond donors (Lipinski definition) is 3. The SMILES string of the molecule is CCOC[C@@]1(Nc2nc(N)nc3cccnc23)C[C@H]1CCO. The van der Waals surface area contributed by atoms with Gasteiger partial charge in [0.1, 0.15) is 5.52 Å². The lowest BCUT2D eigenvalue weighted by Crippen LogP contribution is -2.31. The van der Waals surface area contributed by atoms with E-state index in [2.05, 4.69) is 20.3 Å². The second-order valence-electron chi connectivity index (χ2n) is 5.63. The summed E-state index contributed by atoms with van der Waals surface area (Å²) in [7, 11) is 0. The number of nitrogens with two attached hydrogens (primary N) is 1.